The maximum absolute atomic E-state index is 11.5. The van der Waals surface area contributed by atoms with Crippen molar-refractivity contribution in [2.75, 3.05) is 26.2 Å². The van der Waals surface area contributed by atoms with Gasteiger partial charge in [-0.05, 0) is 38.8 Å². The van der Waals surface area contributed by atoms with Gasteiger partial charge in [0.2, 0.25) is 5.91 Å². The molecule has 4 heteroatoms. The summed E-state index contributed by atoms with van der Waals surface area (Å²) in [5.74, 6) is 0.889. The van der Waals surface area contributed by atoms with Crippen LogP contribution in [0.25, 0.3) is 0 Å². The average molecular weight is 225 g/mol. The summed E-state index contributed by atoms with van der Waals surface area (Å²) in [6, 6.07) is 0.894. The molecule has 2 rings (SSSR count). The summed E-state index contributed by atoms with van der Waals surface area (Å²) < 4.78 is 0. The second-order valence-electron chi connectivity index (χ2n) is 5.20. The third kappa shape index (κ3) is 2.74. The molecule has 0 aromatic rings. The van der Waals surface area contributed by atoms with Crippen LogP contribution in [-0.4, -0.2) is 49.1 Å². The molecule has 2 aliphatic rings. The zero-order chi connectivity index (χ0) is 11.5. The number of carbonyl (C=O) groups is 1. The summed E-state index contributed by atoms with van der Waals surface area (Å²) in [6.07, 6.45) is 2.54. The van der Waals surface area contributed by atoms with Gasteiger partial charge in [0.15, 0.2) is 0 Å². The molecule has 0 bridgehead atoms. The first-order valence-electron chi connectivity index (χ1n) is 6.39. The van der Waals surface area contributed by atoms with Gasteiger partial charge in [-0.2, -0.15) is 0 Å². The molecule has 2 heterocycles. The minimum atomic E-state index is 0.210. The molecule has 0 spiro atoms. The van der Waals surface area contributed by atoms with Crippen molar-refractivity contribution in [2.45, 2.75) is 38.8 Å². The first-order valence-corrected chi connectivity index (χ1v) is 6.39. The van der Waals surface area contributed by atoms with Crippen LogP contribution in [-0.2, 0) is 4.79 Å². The van der Waals surface area contributed by atoms with Crippen LogP contribution in [0.1, 0.15) is 26.7 Å². The van der Waals surface area contributed by atoms with E-state index in [9.17, 15) is 4.79 Å². The molecule has 0 aromatic heterocycles. The maximum atomic E-state index is 11.5. The summed E-state index contributed by atoms with van der Waals surface area (Å²) in [5.41, 5.74) is 0. The number of hydrogen-bond acceptors (Lipinski definition) is 3. The molecule has 3 atom stereocenters. The molecule has 1 amide bonds. The van der Waals surface area contributed by atoms with E-state index in [0.717, 1.165) is 26.2 Å². The van der Waals surface area contributed by atoms with E-state index in [1.54, 1.807) is 6.92 Å². The summed E-state index contributed by atoms with van der Waals surface area (Å²) in [6.45, 7) is 7.82. The van der Waals surface area contributed by atoms with Crippen molar-refractivity contribution in [3.8, 4) is 0 Å². The molecular weight excluding hydrogens is 202 g/mol. The molecule has 2 N–H and O–H groups in total. The quantitative estimate of drug-likeness (QED) is 0.670. The Morgan fingerprint density at radius 2 is 2.19 bits per heavy atom. The van der Waals surface area contributed by atoms with Crippen LogP contribution in [0.15, 0.2) is 0 Å². The van der Waals surface area contributed by atoms with Crippen molar-refractivity contribution < 1.29 is 4.79 Å². The Hall–Kier alpha value is -0.610. The summed E-state index contributed by atoms with van der Waals surface area (Å²) in [5, 5.41) is 7.08. The number of carbonyl (C=O) groups excluding carboxylic acids is 1. The molecule has 3 unspecified atom stereocenters. The van der Waals surface area contributed by atoms with Crippen molar-refractivity contribution in [3.05, 3.63) is 0 Å². The van der Waals surface area contributed by atoms with Crippen molar-refractivity contribution in [1.82, 2.24) is 15.5 Å². The highest BCUT2D eigenvalue weighted by Gasteiger charge is 2.31. The first-order chi connectivity index (χ1) is 7.66. The second-order valence-corrected chi connectivity index (χ2v) is 5.20. The minimum absolute atomic E-state index is 0.210. The highest BCUT2D eigenvalue weighted by atomic mass is 16.2. The predicted octanol–water partition coefficient (Wildman–Crippen LogP) is 0.195. The first kappa shape index (κ1) is 11.9. The summed E-state index contributed by atoms with van der Waals surface area (Å²) in [4.78, 5) is 13.4. The van der Waals surface area contributed by atoms with Gasteiger partial charge in [-0.1, -0.05) is 0 Å². The third-order valence-corrected chi connectivity index (χ3v) is 3.76. The molecule has 92 valence electrons. The lowest BCUT2D eigenvalue weighted by Crippen LogP contribution is -2.60. The van der Waals surface area contributed by atoms with Gasteiger partial charge in [-0.15, -0.1) is 0 Å². The molecule has 0 aliphatic carbocycles. The van der Waals surface area contributed by atoms with Crippen molar-refractivity contribution in [3.63, 3.8) is 0 Å². The Kier molecular flexibility index (Phi) is 3.82. The lowest BCUT2D eigenvalue weighted by atomic mass is 9.89. The van der Waals surface area contributed by atoms with Crippen LogP contribution in [0.4, 0.5) is 0 Å². The zero-order valence-corrected chi connectivity index (χ0v) is 10.3. The van der Waals surface area contributed by atoms with E-state index in [4.69, 9.17) is 0 Å². The van der Waals surface area contributed by atoms with E-state index in [-0.39, 0.29) is 5.91 Å². The van der Waals surface area contributed by atoms with Crippen LogP contribution in [0.3, 0.4) is 0 Å². The number of piperidine rings is 1. The van der Waals surface area contributed by atoms with E-state index in [0.29, 0.717) is 18.0 Å². The zero-order valence-electron chi connectivity index (χ0n) is 10.3. The lowest BCUT2D eigenvalue weighted by Gasteiger charge is -2.42. The van der Waals surface area contributed by atoms with Gasteiger partial charge >= 0.3 is 0 Å². The Balaban J connectivity index is 1.95. The van der Waals surface area contributed by atoms with E-state index < -0.39 is 0 Å². The van der Waals surface area contributed by atoms with Gasteiger partial charge in [0.1, 0.15) is 0 Å². The number of nitrogens with one attached hydrogen (secondary N) is 2. The largest absolute Gasteiger partial charge is 0.340 e. The van der Waals surface area contributed by atoms with Crippen molar-refractivity contribution in [2.24, 2.45) is 5.92 Å². The summed E-state index contributed by atoms with van der Waals surface area (Å²) in [7, 11) is 0. The summed E-state index contributed by atoms with van der Waals surface area (Å²) >= 11 is 0. The normalized spacial score (nSPS) is 36.1. The third-order valence-electron chi connectivity index (χ3n) is 3.76. The van der Waals surface area contributed by atoms with Crippen LogP contribution in [0.5, 0.6) is 0 Å². The van der Waals surface area contributed by atoms with Crippen molar-refractivity contribution >= 4 is 5.91 Å². The van der Waals surface area contributed by atoms with Gasteiger partial charge in [0, 0.05) is 32.1 Å². The molecule has 4 nitrogen and oxygen atoms in total. The fraction of sp³-hybridized carbons (Fsp3) is 0.917. The average Bonchev–Trinajstić information content (AvgIpc) is 2.29. The molecule has 2 aliphatic heterocycles. The van der Waals surface area contributed by atoms with Crippen LogP contribution in [0.2, 0.25) is 0 Å². The highest BCUT2D eigenvalue weighted by molar-refractivity contribution is 5.73. The van der Waals surface area contributed by atoms with Crippen LogP contribution >= 0.6 is 0 Å². The fourth-order valence-electron chi connectivity index (χ4n) is 2.88. The van der Waals surface area contributed by atoms with Gasteiger partial charge in [-0.3, -0.25) is 4.79 Å². The van der Waals surface area contributed by atoms with Crippen LogP contribution in [0, 0.1) is 5.92 Å². The Morgan fingerprint density at radius 1 is 1.38 bits per heavy atom. The molecule has 2 fully saturated rings. The Morgan fingerprint density at radius 3 is 2.81 bits per heavy atom. The predicted molar refractivity (Wildman–Crippen MR) is 64.2 cm³/mol. The molecular formula is C12H23N3O. The lowest BCUT2D eigenvalue weighted by molar-refractivity contribution is -0.131. The second kappa shape index (κ2) is 5.15. The van der Waals surface area contributed by atoms with Crippen LogP contribution < -0.4 is 10.6 Å². The molecule has 0 aromatic carbocycles. The molecule has 2 saturated heterocycles. The number of rotatable bonds is 1. The van der Waals surface area contributed by atoms with Gasteiger partial charge < -0.3 is 15.5 Å². The fourth-order valence-corrected chi connectivity index (χ4v) is 2.88. The maximum Gasteiger partial charge on any atom is 0.219 e. The number of nitrogens with zero attached hydrogens (tertiary/aromatic N) is 1. The van der Waals surface area contributed by atoms with E-state index in [1.165, 1.54) is 12.8 Å². The topological polar surface area (TPSA) is 44.4 Å². The molecule has 0 saturated carbocycles. The minimum Gasteiger partial charge on any atom is -0.340 e. The number of hydrogen-bond donors (Lipinski definition) is 2. The van der Waals surface area contributed by atoms with E-state index in [1.807, 2.05) is 4.90 Å². The van der Waals surface area contributed by atoms with E-state index >= 15 is 0 Å². The molecule has 16 heavy (non-hydrogen) atoms. The smallest absolute Gasteiger partial charge is 0.219 e. The monoisotopic (exact) mass is 225 g/mol. The number of piperazine rings is 1. The standard InChI is InChI=1S/C12H23N3O/c1-9-7-15(10(2)16)8-12(14-9)11-4-3-5-13-6-11/h9,11-14H,3-8H2,1-2H3. The molecule has 0 radical (unpaired) electrons. The van der Waals surface area contributed by atoms with Gasteiger partial charge in [0.25, 0.3) is 0 Å². The van der Waals surface area contributed by atoms with Crippen molar-refractivity contribution in [1.29, 1.82) is 0 Å². The Labute approximate surface area is 97.8 Å². The number of amides is 1. The SMILES string of the molecule is CC(=O)N1CC(C)NC(C2CCCNC2)C1. The highest BCUT2D eigenvalue weighted by Crippen LogP contribution is 2.18. The Bertz CT molecular complexity index is 251. The van der Waals surface area contributed by atoms with Gasteiger partial charge in [-0.25, -0.2) is 0 Å². The van der Waals surface area contributed by atoms with Gasteiger partial charge in [0.05, 0.1) is 0 Å². The van der Waals surface area contributed by atoms with E-state index in [2.05, 4.69) is 17.6 Å².